The molecule has 0 aliphatic rings. The van der Waals surface area contributed by atoms with Crippen LogP contribution in [0.5, 0.6) is 0 Å². The number of carbonyl (C=O) groups is 1. The van der Waals surface area contributed by atoms with Crippen molar-refractivity contribution in [3.63, 3.8) is 0 Å². The van der Waals surface area contributed by atoms with Crippen LogP contribution in [-0.4, -0.2) is 16.4 Å². The van der Waals surface area contributed by atoms with E-state index in [0.717, 1.165) is 22.5 Å². The maximum absolute atomic E-state index is 12.5. The number of aromatic nitrogens is 1. The third-order valence-electron chi connectivity index (χ3n) is 3.44. The monoisotopic (exact) mass is 311 g/mol. The van der Waals surface area contributed by atoms with Gasteiger partial charge in [0.25, 0.3) is 5.91 Å². The van der Waals surface area contributed by atoms with Crippen molar-refractivity contribution < 1.29 is 4.79 Å². The molecule has 2 rings (SSSR count). The van der Waals surface area contributed by atoms with Crippen LogP contribution in [0.1, 0.15) is 47.8 Å². The van der Waals surface area contributed by atoms with Crippen molar-refractivity contribution in [3.05, 3.63) is 52.8 Å². The quantitative estimate of drug-likeness (QED) is 0.879. The van der Waals surface area contributed by atoms with Gasteiger partial charge >= 0.3 is 0 Å². The molecule has 1 heterocycles. The first-order chi connectivity index (χ1) is 10.7. The Morgan fingerprint density at radius 3 is 2.17 bits per heavy atom. The van der Waals surface area contributed by atoms with Gasteiger partial charge in [0.15, 0.2) is 0 Å². The number of pyridine rings is 1. The summed E-state index contributed by atoms with van der Waals surface area (Å²) in [4.78, 5) is 16.7. The topological polar surface area (TPSA) is 54.0 Å². The Morgan fingerprint density at radius 1 is 1.00 bits per heavy atom. The van der Waals surface area contributed by atoms with Crippen molar-refractivity contribution in [3.8, 4) is 0 Å². The first-order valence-electron chi connectivity index (χ1n) is 7.78. The number of nitrogens with zero attached hydrogens (tertiary/aromatic N) is 1. The molecule has 1 aromatic heterocycles. The van der Waals surface area contributed by atoms with Gasteiger partial charge in [0, 0.05) is 23.6 Å². The second-order valence-electron chi connectivity index (χ2n) is 7.07. The fraction of sp³-hybridized carbons (Fsp3) is 0.368. The first-order valence-corrected chi connectivity index (χ1v) is 7.78. The van der Waals surface area contributed by atoms with E-state index in [1.807, 2.05) is 19.9 Å². The molecule has 0 aliphatic carbocycles. The molecular weight excluding hydrogens is 286 g/mol. The molecule has 122 valence electrons. The van der Waals surface area contributed by atoms with Crippen molar-refractivity contribution in [1.29, 1.82) is 0 Å². The van der Waals surface area contributed by atoms with Gasteiger partial charge in [0.1, 0.15) is 0 Å². The van der Waals surface area contributed by atoms with Gasteiger partial charge in [0.2, 0.25) is 0 Å². The Labute approximate surface area is 138 Å². The van der Waals surface area contributed by atoms with E-state index < -0.39 is 0 Å². The van der Waals surface area contributed by atoms with Gasteiger partial charge in [-0.2, -0.15) is 0 Å². The van der Waals surface area contributed by atoms with Crippen LogP contribution in [0, 0.1) is 20.8 Å². The van der Waals surface area contributed by atoms with Crippen LogP contribution < -0.4 is 10.6 Å². The Hall–Kier alpha value is -2.36. The summed E-state index contributed by atoms with van der Waals surface area (Å²) in [6.07, 6.45) is 3.31. The van der Waals surface area contributed by atoms with E-state index in [1.165, 1.54) is 5.56 Å². The van der Waals surface area contributed by atoms with Crippen LogP contribution >= 0.6 is 0 Å². The molecule has 0 unspecified atom stereocenters. The largest absolute Gasteiger partial charge is 0.379 e. The van der Waals surface area contributed by atoms with Gasteiger partial charge in [-0.3, -0.25) is 9.78 Å². The van der Waals surface area contributed by atoms with E-state index in [-0.39, 0.29) is 11.4 Å². The molecule has 0 atom stereocenters. The molecule has 2 aromatic rings. The van der Waals surface area contributed by atoms with Crippen molar-refractivity contribution in [1.82, 2.24) is 4.98 Å². The highest BCUT2D eigenvalue weighted by molar-refractivity contribution is 6.05. The molecular formula is C19H25N3O. The predicted molar refractivity (Wildman–Crippen MR) is 96.2 cm³/mol. The highest BCUT2D eigenvalue weighted by Gasteiger charge is 2.14. The summed E-state index contributed by atoms with van der Waals surface area (Å²) < 4.78 is 0. The summed E-state index contributed by atoms with van der Waals surface area (Å²) >= 11 is 0. The minimum absolute atomic E-state index is 0.0824. The lowest BCUT2D eigenvalue weighted by Gasteiger charge is -2.22. The molecule has 0 saturated heterocycles. The second-order valence-corrected chi connectivity index (χ2v) is 7.07. The Morgan fingerprint density at radius 2 is 1.61 bits per heavy atom. The standard InChI is InChI=1S/C19H25N3O/c1-12-7-13(2)17(14(3)8-12)21-18(23)15-9-16(11-20-10-15)22-19(4,5)6/h7-11,22H,1-6H3,(H,21,23). The number of amides is 1. The van der Waals surface area contributed by atoms with Gasteiger partial charge < -0.3 is 10.6 Å². The van der Waals surface area contributed by atoms with Gasteiger partial charge in [-0.05, 0) is 58.7 Å². The van der Waals surface area contributed by atoms with Gasteiger partial charge in [0.05, 0.1) is 11.3 Å². The number of carbonyl (C=O) groups excluding carboxylic acids is 1. The smallest absolute Gasteiger partial charge is 0.257 e. The van der Waals surface area contributed by atoms with Crippen LogP contribution in [0.4, 0.5) is 11.4 Å². The number of anilines is 2. The van der Waals surface area contributed by atoms with Crippen LogP contribution in [0.15, 0.2) is 30.6 Å². The summed E-state index contributed by atoms with van der Waals surface area (Å²) in [7, 11) is 0. The minimum Gasteiger partial charge on any atom is -0.379 e. The Balaban J connectivity index is 2.23. The number of hydrogen-bond donors (Lipinski definition) is 2. The van der Waals surface area contributed by atoms with Crippen molar-refractivity contribution in [2.24, 2.45) is 0 Å². The summed E-state index contributed by atoms with van der Waals surface area (Å²) in [5.74, 6) is -0.148. The van der Waals surface area contributed by atoms with Gasteiger partial charge in [-0.15, -0.1) is 0 Å². The number of hydrogen-bond acceptors (Lipinski definition) is 3. The number of aryl methyl sites for hydroxylation is 3. The first kappa shape index (κ1) is 17.0. The van der Waals surface area contributed by atoms with Crippen LogP contribution in [0.25, 0.3) is 0 Å². The molecule has 23 heavy (non-hydrogen) atoms. The van der Waals surface area contributed by atoms with E-state index in [1.54, 1.807) is 12.4 Å². The van der Waals surface area contributed by atoms with E-state index in [4.69, 9.17) is 0 Å². The highest BCUT2D eigenvalue weighted by atomic mass is 16.1. The predicted octanol–water partition coefficient (Wildman–Crippen LogP) is 4.47. The molecule has 0 aliphatic heterocycles. The van der Waals surface area contributed by atoms with E-state index >= 15 is 0 Å². The van der Waals surface area contributed by atoms with Crippen molar-refractivity contribution >= 4 is 17.3 Å². The summed E-state index contributed by atoms with van der Waals surface area (Å²) in [5, 5.41) is 6.33. The molecule has 2 N–H and O–H groups in total. The highest BCUT2D eigenvalue weighted by Crippen LogP contribution is 2.23. The molecule has 0 radical (unpaired) electrons. The maximum atomic E-state index is 12.5. The Bertz CT molecular complexity index is 707. The molecule has 0 spiro atoms. The van der Waals surface area contributed by atoms with Crippen LogP contribution in [0.3, 0.4) is 0 Å². The maximum Gasteiger partial charge on any atom is 0.257 e. The number of rotatable bonds is 3. The van der Waals surface area contributed by atoms with Gasteiger partial charge in [-0.25, -0.2) is 0 Å². The zero-order valence-corrected chi connectivity index (χ0v) is 14.7. The molecule has 1 amide bonds. The summed E-state index contributed by atoms with van der Waals surface area (Å²) in [5.41, 5.74) is 5.48. The molecule has 0 saturated carbocycles. The molecule has 0 fully saturated rings. The molecule has 4 heteroatoms. The zero-order valence-electron chi connectivity index (χ0n) is 14.7. The van der Waals surface area contributed by atoms with E-state index in [2.05, 4.69) is 55.4 Å². The average Bonchev–Trinajstić information content (AvgIpc) is 2.41. The van der Waals surface area contributed by atoms with Gasteiger partial charge in [-0.1, -0.05) is 17.7 Å². The van der Waals surface area contributed by atoms with Crippen molar-refractivity contribution in [2.75, 3.05) is 10.6 Å². The molecule has 0 bridgehead atoms. The minimum atomic E-state index is -0.148. The second kappa shape index (κ2) is 6.41. The van der Waals surface area contributed by atoms with Crippen molar-refractivity contribution in [2.45, 2.75) is 47.1 Å². The van der Waals surface area contributed by atoms with Crippen LogP contribution in [0.2, 0.25) is 0 Å². The summed E-state index contributed by atoms with van der Waals surface area (Å²) in [6, 6.07) is 5.96. The molecule has 4 nitrogen and oxygen atoms in total. The lowest BCUT2D eigenvalue weighted by Crippen LogP contribution is -2.26. The van der Waals surface area contributed by atoms with E-state index in [9.17, 15) is 4.79 Å². The lowest BCUT2D eigenvalue weighted by molar-refractivity contribution is 0.102. The third kappa shape index (κ3) is 4.55. The lowest BCUT2D eigenvalue weighted by atomic mass is 10.0. The summed E-state index contributed by atoms with van der Waals surface area (Å²) in [6.45, 7) is 12.3. The van der Waals surface area contributed by atoms with Crippen LogP contribution in [-0.2, 0) is 0 Å². The third-order valence-corrected chi connectivity index (χ3v) is 3.44. The average molecular weight is 311 g/mol. The normalized spacial score (nSPS) is 11.2. The molecule has 1 aromatic carbocycles. The fourth-order valence-electron chi connectivity index (χ4n) is 2.63. The SMILES string of the molecule is Cc1cc(C)c(NC(=O)c2cncc(NC(C)(C)C)c2)c(C)c1. The Kier molecular flexibility index (Phi) is 4.73. The number of nitrogens with one attached hydrogen (secondary N) is 2. The fourth-order valence-corrected chi connectivity index (χ4v) is 2.63. The number of benzene rings is 1. The van der Waals surface area contributed by atoms with E-state index in [0.29, 0.717) is 5.56 Å². The zero-order chi connectivity index (χ0) is 17.2.